The van der Waals surface area contributed by atoms with Gasteiger partial charge in [0, 0.05) is 23.5 Å². The Hall–Kier alpha value is -3.47. The van der Waals surface area contributed by atoms with Crippen molar-refractivity contribution in [2.24, 2.45) is 0 Å². The molecule has 1 amide bonds. The van der Waals surface area contributed by atoms with Crippen LogP contribution in [0.2, 0.25) is 0 Å². The zero-order valence-corrected chi connectivity index (χ0v) is 14.1. The number of methoxy groups -OCH3 is 1. The van der Waals surface area contributed by atoms with Crippen LogP contribution in [-0.2, 0) is 15.1 Å². The SMILES string of the molecule is COC(=O)C1(c2ccc(-c3cccnc3)cc2)NC(=O)c2ccccc21. The fourth-order valence-electron chi connectivity index (χ4n) is 3.42. The summed E-state index contributed by atoms with van der Waals surface area (Å²) in [6, 6.07) is 18.4. The van der Waals surface area contributed by atoms with Gasteiger partial charge < -0.3 is 10.1 Å². The minimum Gasteiger partial charge on any atom is -0.467 e. The van der Waals surface area contributed by atoms with Crippen molar-refractivity contribution in [3.05, 3.63) is 89.7 Å². The Morgan fingerprint density at radius 1 is 1.00 bits per heavy atom. The molecule has 2 heterocycles. The molecule has 0 radical (unpaired) electrons. The number of benzene rings is 2. The second kappa shape index (κ2) is 6.11. The normalized spacial score (nSPS) is 18.1. The van der Waals surface area contributed by atoms with Crippen LogP contribution in [0.25, 0.3) is 11.1 Å². The van der Waals surface area contributed by atoms with Crippen molar-refractivity contribution >= 4 is 11.9 Å². The summed E-state index contributed by atoms with van der Waals surface area (Å²) in [5.74, 6) is -0.813. The maximum Gasteiger partial charge on any atom is 0.341 e. The summed E-state index contributed by atoms with van der Waals surface area (Å²) in [7, 11) is 1.32. The number of hydrogen-bond acceptors (Lipinski definition) is 4. The summed E-state index contributed by atoms with van der Waals surface area (Å²) in [5.41, 5.74) is 2.34. The molecule has 1 aromatic heterocycles. The van der Waals surface area contributed by atoms with Crippen LogP contribution in [0.1, 0.15) is 21.5 Å². The van der Waals surface area contributed by atoms with E-state index in [1.807, 2.05) is 36.4 Å². The number of amides is 1. The molecule has 5 nitrogen and oxygen atoms in total. The largest absolute Gasteiger partial charge is 0.467 e. The van der Waals surface area contributed by atoms with Crippen LogP contribution >= 0.6 is 0 Å². The van der Waals surface area contributed by atoms with Gasteiger partial charge in [-0.3, -0.25) is 9.78 Å². The van der Waals surface area contributed by atoms with Crippen molar-refractivity contribution in [1.82, 2.24) is 10.3 Å². The molecular weight excluding hydrogens is 328 g/mol. The lowest BCUT2D eigenvalue weighted by Gasteiger charge is -2.28. The number of rotatable bonds is 3. The maximum absolute atomic E-state index is 12.8. The third-order valence-electron chi connectivity index (χ3n) is 4.68. The fourth-order valence-corrected chi connectivity index (χ4v) is 3.42. The van der Waals surface area contributed by atoms with E-state index >= 15 is 0 Å². The molecule has 1 unspecified atom stereocenters. The lowest BCUT2D eigenvalue weighted by atomic mass is 9.83. The summed E-state index contributed by atoms with van der Waals surface area (Å²) >= 11 is 0. The van der Waals surface area contributed by atoms with Crippen molar-refractivity contribution < 1.29 is 14.3 Å². The van der Waals surface area contributed by atoms with Crippen LogP contribution in [-0.4, -0.2) is 24.0 Å². The van der Waals surface area contributed by atoms with Gasteiger partial charge in [0.2, 0.25) is 0 Å². The standard InChI is InChI=1S/C21H16N2O3/c1-26-20(25)21(18-7-3-2-6-17(18)19(24)23-21)16-10-8-14(9-11-16)15-5-4-12-22-13-15/h2-13H,1H3,(H,23,24). The smallest absolute Gasteiger partial charge is 0.341 e. The average molecular weight is 344 g/mol. The summed E-state index contributed by atoms with van der Waals surface area (Å²) in [6.45, 7) is 0. The van der Waals surface area contributed by atoms with E-state index in [-0.39, 0.29) is 5.91 Å². The van der Waals surface area contributed by atoms with E-state index in [0.29, 0.717) is 16.7 Å². The second-order valence-corrected chi connectivity index (χ2v) is 6.06. The van der Waals surface area contributed by atoms with Crippen LogP contribution in [0.5, 0.6) is 0 Å². The minimum atomic E-state index is -1.34. The van der Waals surface area contributed by atoms with Gasteiger partial charge >= 0.3 is 5.97 Å². The topological polar surface area (TPSA) is 68.3 Å². The number of ether oxygens (including phenoxy) is 1. The molecule has 1 aliphatic heterocycles. The lowest BCUT2D eigenvalue weighted by Crippen LogP contribution is -2.48. The highest BCUT2D eigenvalue weighted by molar-refractivity contribution is 6.07. The molecule has 1 aliphatic rings. The predicted octanol–water partition coefficient (Wildman–Crippen LogP) is 2.91. The first-order valence-electron chi connectivity index (χ1n) is 8.18. The molecule has 1 N–H and O–H groups in total. The third-order valence-corrected chi connectivity index (χ3v) is 4.68. The molecule has 3 aromatic rings. The third kappa shape index (κ3) is 2.29. The predicted molar refractivity (Wildman–Crippen MR) is 96.4 cm³/mol. The summed E-state index contributed by atoms with van der Waals surface area (Å²) in [6.07, 6.45) is 3.49. The Labute approximate surface area is 150 Å². The molecule has 5 heteroatoms. The zero-order chi connectivity index (χ0) is 18.1. The van der Waals surface area contributed by atoms with E-state index in [1.54, 1.807) is 36.7 Å². The quantitative estimate of drug-likeness (QED) is 0.742. The number of carbonyl (C=O) groups is 2. The average Bonchev–Trinajstić information content (AvgIpc) is 3.02. The first-order valence-corrected chi connectivity index (χ1v) is 8.18. The molecule has 0 saturated carbocycles. The van der Waals surface area contributed by atoms with Crippen molar-refractivity contribution in [3.63, 3.8) is 0 Å². The van der Waals surface area contributed by atoms with E-state index in [0.717, 1.165) is 11.1 Å². The number of fused-ring (bicyclic) bond motifs is 1. The molecular formula is C21H16N2O3. The molecule has 0 bridgehead atoms. The van der Waals surface area contributed by atoms with Crippen LogP contribution in [0.15, 0.2) is 73.1 Å². The highest BCUT2D eigenvalue weighted by Crippen LogP contribution is 2.38. The van der Waals surface area contributed by atoms with Gasteiger partial charge in [-0.25, -0.2) is 4.79 Å². The molecule has 0 saturated heterocycles. The van der Waals surface area contributed by atoms with Crippen LogP contribution < -0.4 is 5.32 Å². The molecule has 4 rings (SSSR count). The van der Waals surface area contributed by atoms with Gasteiger partial charge in [-0.05, 0) is 28.8 Å². The number of nitrogens with zero attached hydrogens (tertiary/aromatic N) is 1. The van der Waals surface area contributed by atoms with Gasteiger partial charge in [-0.1, -0.05) is 48.5 Å². The van der Waals surface area contributed by atoms with Crippen molar-refractivity contribution in [2.75, 3.05) is 7.11 Å². The van der Waals surface area contributed by atoms with E-state index in [2.05, 4.69) is 10.3 Å². The van der Waals surface area contributed by atoms with Crippen LogP contribution in [0, 0.1) is 0 Å². The van der Waals surface area contributed by atoms with Gasteiger partial charge in [0.25, 0.3) is 5.91 Å². The van der Waals surface area contributed by atoms with Crippen molar-refractivity contribution in [2.45, 2.75) is 5.54 Å². The van der Waals surface area contributed by atoms with E-state index in [1.165, 1.54) is 7.11 Å². The Morgan fingerprint density at radius 2 is 1.77 bits per heavy atom. The fraction of sp³-hybridized carbons (Fsp3) is 0.0952. The molecule has 26 heavy (non-hydrogen) atoms. The molecule has 0 spiro atoms. The van der Waals surface area contributed by atoms with Gasteiger partial charge in [0.05, 0.1) is 7.11 Å². The van der Waals surface area contributed by atoms with Crippen LogP contribution in [0.3, 0.4) is 0 Å². The van der Waals surface area contributed by atoms with E-state index in [4.69, 9.17) is 4.74 Å². The Bertz CT molecular complexity index is 984. The van der Waals surface area contributed by atoms with E-state index in [9.17, 15) is 9.59 Å². The van der Waals surface area contributed by atoms with Crippen molar-refractivity contribution in [1.29, 1.82) is 0 Å². The second-order valence-electron chi connectivity index (χ2n) is 6.06. The molecule has 128 valence electrons. The van der Waals surface area contributed by atoms with Gasteiger partial charge in [-0.15, -0.1) is 0 Å². The van der Waals surface area contributed by atoms with E-state index < -0.39 is 11.5 Å². The number of carbonyl (C=O) groups excluding carboxylic acids is 2. The zero-order valence-electron chi connectivity index (χ0n) is 14.1. The van der Waals surface area contributed by atoms with Gasteiger partial charge in [0.15, 0.2) is 5.54 Å². The number of pyridine rings is 1. The number of esters is 1. The Kier molecular flexibility index (Phi) is 3.77. The first-order chi connectivity index (χ1) is 12.7. The molecule has 2 aromatic carbocycles. The molecule has 0 fully saturated rings. The minimum absolute atomic E-state index is 0.290. The van der Waals surface area contributed by atoms with Crippen molar-refractivity contribution in [3.8, 4) is 11.1 Å². The lowest BCUT2D eigenvalue weighted by molar-refractivity contribution is -0.146. The Balaban J connectivity index is 1.85. The number of hydrogen-bond donors (Lipinski definition) is 1. The molecule has 0 aliphatic carbocycles. The van der Waals surface area contributed by atoms with Crippen LogP contribution in [0.4, 0.5) is 0 Å². The monoisotopic (exact) mass is 344 g/mol. The van der Waals surface area contributed by atoms with Gasteiger partial charge in [-0.2, -0.15) is 0 Å². The first kappa shape index (κ1) is 16.0. The number of aromatic nitrogens is 1. The van der Waals surface area contributed by atoms with Gasteiger partial charge in [0.1, 0.15) is 0 Å². The summed E-state index contributed by atoms with van der Waals surface area (Å²) in [4.78, 5) is 29.3. The molecule has 1 atom stereocenters. The highest BCUT2D eigenvalue weighted by atomic mass is 16.5. The highest BCUT2D eigenvalue weighted by Gasteiger charge is 2.51. The maximum atomic E-state index is 12.8. The summed E-state index contributed by atoms with van der Waals surface area (Å²) < 4.78 is 5.05. The summed E-state index contributed by atoms with van der Waals surface area (Å²) in [5, 5.41) is 2.83. The number of nitrogens with one attached hydrogen (secondary N) is 1. The Morgan fingerprint density at radius 3 is 2.46 bits per heavy atom.